The molecule has 0 aliphatic heterocycles. The molecule has 0 N–H and O–H groups in total. The van der Waals surface area contributed by atoms with Gasteiger partial charge in [0.2, 0.25) is 0 Å². The van der Waals surface area contributed by atoms with Crippen molar-refractivity contribution in [2.75, 3.05) is 0 Å². The topological polar surface area (TPSA) is 0 Å². The Morgan fingerprint density at radius 3 is 2.13 bits per heavy atom. The first-order valence-corrected chi connectivity index (χ1v) is 8.05. The van der Waals surface area contributed by atoms with E-state index in [0.717, 1.165) is 0 Å². The van der Waals surface area contributed by atoms with Crippen molar-refractivity contribution in [2.24, 2.45) is 0 Å². The van der Waals surface area contributed by atoms with Gasteiger partial charge >= 0.3 is 0 Å². The predicted molar refractivity (Wildman–Crippen MR) is 100 cm³/mol. The van der Waals surface area contributed by atoms with Crippen LogP contribution in [0.5, 0.6) is 0 Å². The number of hydrogen-bond donors (Lipinski definition) is 0. The molecular formula is C23H16. The predicted octanol–water partition coefficient (Wildman–Crippen LogP) is 6.56. The van der Waals surface area contributed by atoms with Gasteiger partial charge in [-0.25, -0.2) is 0 Å². The van der Waals surface area contributed by atoms with Crippen LogP contribution in [-0.4, -0.2) is 0 Å². The minimum atomic E-state index is 1.30. The standard InChI is InChI=1S/C23H16/c1-15-6-2-4-9-20-21(15)14-18-13-12-17-11-10-16-7-3-5-8-19(16)22(17)23(18)20/h2-14H,1H3. The van der Waals surface area contributed by atoms with Crippen molar-refractivity contribution in [3.8, 4) is 11.1 Å². The second kappa shape index (κ2) is 4.57. The van der Waals surface area contributed by atoms with Crippen LogP contribution >= 0.6 is 0 Å². The van der Waals surface area contributed by atoms with Crippen LogP contribution in [0.1, 0.15) is 5.56 Å². The Morgan fingerprint density at radius 2 is 1.22 bits per heavy atom. The van der Waals surface area contributed by atoms with Gasteiger partial charge in [-0.05, 0) is 62.0 Å². The number of aryl methyl sites for hydroxylation is 1. The van der Waals surface area contributed by atoms with Gasteiger partial charge in [0.15, 0.2) is 0 Å². The summed E-state index contributed by atoms with van der Waals surface area (Å²) in [6.07, 6.45) is 0. The van der Waals surface area contributed by atoms with E-state index in [1.807, 2.05) is 0 Å². The van der Waals surface area contributed by atoms with Crippen LogP contribution in [0.3, 0.4) is 0 Å². The van der Waals surface area contributed by atoms with Crippen molar-refractivity contribution >= 4 is 32.3 Å². The van der Waals surface area contributed by atoms with Crippen molar-refractivity contribution < 1.29 is 0 Å². The summed E-state index contributed by atoms with van der Waals surface area (Å²) in [6.45, 7) is 2.20. The summed E-state index contributed by atoms with van der Waals surface area (Å²) < 4.78 is 0. The molecule has 2 aliphatic rings. The Kier molecular flexibility index (Phi) is 2.51. The number of hydrogen-bond acceptors (Lipinski definition) is 0. The summed E-state index contributed by atoms with van der Waals surface area (Å²) in [4.78, 5) is 0. The molecular weight excluding hydrogens is 276 g/mol. The Balaban J connectivity index is 2.11. The second-order valence-corrected chi connectivity index (χ2v) is 6.29. The third-order valence-corrected chi connectivity index (χ3v) is 4.95. The summed E-state index contributed by atoms with van der Waals surface area (Å²) in [7, 11) is 0. The molecule has 0 saturated heterocycles. The highest BCUT2D eigenvalue weighted by atomic mass is 14.2. The quantitative estimate of drug-likeness (QED) is 0.283. The zero-order chi connectivity index (χ0) is 15.4. The third kappa shape index (κ3) is 1.72. The van der Waals surface area contributed by atoms with E-state index >= 15 is 0 Å². The molecule has 108 valence electrons. The van der Waals surface area contributed by atoms with Crippen LogP contribution in [0, 0.1) is 6.92 Å². The van der Waals surface area contributed by atoms with Crippen molar-refractivity contribution in [1.82, 2.24) is 0 Å². The first kappa shape index (κ1) is 12.7. The zero-order valence-electron chi connectivity index (χ0n) is 13.0. The van der Waals surface area contributed by atoms with Crippen LogP contribution in [0.4, 0.5) is 0 Å². The van der Waals surface area contributed by atoms with Crippen LogP contribution in [0.25, 0.3) is 43.4 Å². The van der Waals surface area contributed by atoms with E-state index in [1.54, 1.807) is 0 Å². The van der Waals surface area contributed by atoms with Gasteiger partial charge in [0.05, 0.1) is 0 Å². The highest BCUT2D eigenvalue weighted by Gasteiger charge is 2.14. The molecule has 0 aromatic heterocycles. The lowest BCUT2D eigenvalue weighted by molar-refractivity contribution is 1.52. The number of rotatable bonds is 0. The molecule has 0 unspecified atom stereocenters. The van der Waals surface area contributed by atoms with E-state index in [4.69, 9.17) is 0 Å². The largest absolute Gasteiger partial charge is 0.0620 e. The summed E-state index contributed by atoms with van der Waals surface area (Å²) >= 11 is 0. The lowest BCUT2D eigenvalue weighted by atomic mass is 9.96. The minimum Gasteiger partial charge on any atom is -0.0620 e. The number of benzene rings is 3. The Hall–Kier alpha value is -2.86. The molecule has 0 atom stereocenters. The van der Waals surface area contributed by atoms with Crippen molar-refractivity contribution in [1.29, 1.82) is 0 Å². The molecule has 0 heterocycles. The summed E-state index contributed by atoms with van der Waals surface area (Å²) in [5, 5.41) is 8.05. The molecule has 3 aromatic rings. The average Bonchev–Trinajstić information content (AvgIpc) is 2.87. The van der Waals surface area contributed by atoms with Gasteiger partial charge in [-0.2, -0.15) is 0 Å². The van der Waals surface area contributed by atoms with Crippen LogP contribution in [0.15, 0.2) is 78.9 Å². The van der Waals surface area contributed by atoms with Crippen LogP contribution in [-0.2, 0) is 0 Å². The summed E-state index contributed by atoms with van der Waals surface area (Å²) in [6, 6.07) is 28.7. The van der Waals surface area contributed by atoms with Gasteiger partial charge < -0.3 is 0 Å². The lowest BCUT2D eigenvalue weighted by Crippen LogP contribution is -1.80. The summed E-state index contributed by atoms with van der Waals surface area (Å²) in [5.74, 6) is 0. The normalized spacial score (nSPS) is 11.7. The van der Waals surface area contributed by atoms with E-state index < -0.39 is 0 Å². The Labute approximate surface area is 135 Å². The average molecular weight is 292 g/mol. The first-order chi connectivity index (χ1) is 11.3. The molecule has 0 nitrogen and oxygen atoms in total. The molecule has 0 spiro atoms. The molecule has 0 heteroatoms. The fraction of sp³-hybridized carbons (Fsp3) is 0.0435. The van der Waals surface area contributed by atoms with E-state index in [9.17, 15) is 0 Å². The van der Waals surface area contributed by atoms with Gasteiger partial charge in [-0.3, -0.25) is 0 Å². The molecule has 5 rings (SSSR count). The SMILES string of the molecule is Cc1ccccc2c3c(ccc4ccc5ccccc5c43)cc1-2. The smallest absolute Gasteiger partial charge is 0.00202 e. The van der Waals surface area contributed by atoms with Gasteiger partial charge in [0, 0.05) is 0 Å². The van der Waals surface area contributed by atoms with E-state index in [1.165, 1.54) is 49.0 Å². The van der Waals surface area contributed by atoms with E-state index in [2.05, 4.69) is 85.8 Å². The first-order valence-electron chi connectivity index (χ1n) is 8.05. The Bertz CT molecular complexity index is 1160. The van der Waals surface area contributed by atoms with Crippen molar-refractivity contribution in [3.05, 3.63) is 84.4 Å². The molecule has 3 aromatic carbocycles. The maximum atomic E-state index is 2.33. The number of fused-ring (bicyclic) bond motifs is 7. The maximum Gasteiger partial charge on any atom is -0.00202 e. The highest BCUT2D eigenvalue weighted by molar-refractivity contribution is 6.25. The molecule has 2 aliphatic carbocycles. The molecule has 0 saturated carbocycles. The Morgan fingerprint density at radius 1 is 0.522 bits per heavy atom. The van der Waals surface area contributed by atoms with Gasteiger partial charge in [-0.15, -0.1) is 0 Å². The van der Waals surface area contributed by atoms with Gasteiger partial charge in [0.25, 0.3) is 0 Å². The van der Waals surface area contributed by atoms with Crippen LogP contribution < -0.4 is 0 Å². The second-order valence-electron chi connectivity index (χ2n) is 6.29. The third-order valence-electron chi connectivity index (χ3n) is 4.95. The molecule has 0 radical (unpaired) electrons. The van der Waals surface area contributed by atoms with E-state index in [-0.39, 0.29) is 0 Å². The van der Waals surface area contributed by atoms with Gasteiger partial charge in [0.1, 0.15) is 0 Å². The lowest BCUT2D eigenvalue weighted by Gasteiger charge is -2.07. The molecule has 0 bridgehead atoms. The summed E-state index contributed by atoms with van der Waals surface area (Å²) in [5.41, 5.74) is 4.03. The monoisotopic (exact) mass is 292 g/mol. The zero-order valence-corrected chi connectivity index (χ0v) is 13.0. The van der Waals surface area contributed by atoms with Crippen molar-refractivity contribution in [3.63, 3.8) is 0 Å². The maximum absolute atomic E-state index is 2.33. The van der Waals surface area contributed by atoms with Gasteiger partial charge in [-0.1, -0.05) is 72.8 Å². The van der Waals surface area contributed by atoms with Crippen molar-refractivity contribution in [2.45, 2.75) is 6.92 Å². The van der Waals surface area contributed by atoms with E-state index in [0.29, 0.717) is 0 Å². The van der Waals surface area contributed by atoms with Crippen LogP contribution in [0.2, 0.25) is 0 Å². The fourth-order valence-electron chi connectivity index (χ4n) is 3.83. The molecule has 0 fully saturated rings. The highest BCUT2D eigenvalue weighted by Crippen LogP contribution is 2.41. The minimum absolute atomic E-state index is 1.30. The fourth-order valence-corrected chi connectivity index (χ4v) is 3.83. The molecule has 23 heavy (non-hydrogen) atoms. The molecule has 0 amide bonds.